The predicted octanol–water partition coefficient (Wildman–Crippen LogP) is 6.07. The van der Waals surface area contributed by atoms with Gasteiger partial charge in [-0.05, 0) is 71.2 Å². The van der Waals surface area contributed by atoms with Gasteiger partial charge >= 0.3 is 6.09 Å². The van der Waals surface area contributed by atoms with Crippen LogP contribution in [-0.4, -0.2) is 43.8 Å². The highest BCUT2D eigenvalue weighted by atomic mass is 35.5. The molecule has 1 amide bonds. The number of aromatic nitrogens is 2. The molecule has 1 aromatic heterocycles. The van der Waals surface area contributed by atoms with E-state index >= 15 is 0 Å². The average Bonchev–Trinajstić information content (AvgIpc) is 2.58. The molecule has 0 fully saturated rings. The first kappa shape index (κ1) is 23.9. The van der Waals surface area contributed by atoms with Gasteiger partial charge in [-0.2, -0.15) is 0 Å². The van der Waals surface area contributed by atoms with Gasteiger partial charge in [0.15, 0.2) is 0 Å². The molecular weight excluding hydrogens is 402 g/mol. The maximum atomic E-state index is 12.1. The number of nitrogens with zero attached hydrogens (tertiary/aromatic N) is 3. The van der Waals surface area contributed by atoms with Crippen molar-refractivity contribution >= 4 is 17.7 Å². The van der Waals surface area contributed by atoms with Crippen LogP contribution in [0.4, 0.5) is 4.79 Å². The van der Waals surface area contributed by atoms with Crippen molar-refractivity contribution in [2.24, 2.45) is 5.92 Å². The van der Waals surface area contributed by atoms with E-state index in [4.69, 9.17) is 16.3 Å². The quantitative estimate of drug-likeness (QED) is 0.573. The molecule has 0 saturated heterocycles. The van der Waals surface area contributed by atoms with Crippen LogP contribution >= 0.6 is 11.6 Å². The zero-order chi connectivity index (χ0) is 22.7. The summed E-state index contributed by atoms with van der Waals surface area (Å²) in [4.78, 5) is 22.1. The second-order valence-corrected chi connectivity index (χ2v) is 9.71. The summed E-state index contributed by atoms with van der Waals surface area (Å²) in [6.45, 7) is 13.8. The van der Waals surface area contributed by atoms with Gasteiger partial charge in [-0.15, -0.1) is 0 Å². The monoisotopic (exact) mass is 433 g/mol. The number of hydrogen-bond acceptors (Lipinski definition) is 4. The van der Waals surface area contributed by atoms with Crippen molar-refractivity contribution < 1.29 is 14.6 Å². The van der Waals surface area contributed by atoms with Crippen LogP contribution in [0.3, 0.4) is 0 Å². The zero-order valence-electron chi connectivity index (χ0n) is 18.9. The van der Waals surface area contributed by atoms with Gasteiger partial charge in [0.2, 0.25) is 0 Å². The van der Waals surface area contributed by atoms with Crippen LogP contribution in [0.1, 0.15) is 53.8 Å². The molecule has 0 spiro atoms. The van der Waals surface area contributed by atoms with E-state index in [1.54, 1.807) is 18.3 Å². The van der Waals surface area contributed by atoms with Gasteiger partial charge in [0.05, 0.1) is 16.3 Å². The third-order valence-corrected chi connectivity index (χ3v) is 5.09. The highest BCUT2D eigenvalue weighted by molar-refractivity contribution is 6.32. The number of hydrogen-bond donors (Lipinski definition) is 1. The third-order valence-electron chi connectivity index (χ3n) is 4.79. The van der Waals surface area contributed by atoms with Crippen LogP contribution in [0.5, 0.6) is 5.75 Å². The van der Waals surface area contributed by atoms with Crippen molar-refractivity contribution in [2.75, 3.05) is 6.61 Å². The molecule has 1 aromatic carbocycles. The van der Waals surface area contributed by atoms with Gasteiger partial charge < -0.3 is 9.84 Å². The van der Waals surface area contributed by atoms with Gasteiger partial charge in [-0.25, -0.2) is 14.8 Å². The van der Waals surface area contributed by atoms with E-state index in [2.05, 4.69) is 23.8 Å². The Kier molecular flexibility index (Phi) is 7.35. The van der Waals surface area contributed by atoms with Gasteiger partial charge in [-0.3, -0.25) is 4.90 Å². The number of aryl methyl sites for hydroxylation is 1. The van der Waals surface area contributed by atoms with E-state index < -0.39 is 17.2 Å². The zero-order valence-corrected chi connectivity index (χ0v) is 19.6. The first-order valence-corrected chi connectivity index (χ1v) is 10.5. The number of carboxylic acid groups (broad SMARTS) is 1. The van der Waals surface area contributed by atoms with Crippen LogP contribution in [-0.2, 0) is 0 Å². The average molecular weight is 434 g/mol. The molecule has 0 aliphatic heterocycles. The molecule has 1 N–H and O–H groups in total. The van der Waals surface area contributed by atoms with E-state index in [-0.39, 0.29) is 6.61 Å². The fraction of sp³-hybridized carbons (Fsp3) is 0.522. The molecule has 0 aliphatic rings. The van der Waals surface area contributed by atoms with Crippen LogP contribution in [0.25, 0.3) is 11.3 Å². The minimum absolute atomic E-state index is 0.195. The van der Waals surface area contributed by atoms with Crippen molar-refractivity contribution in [3.05, 3.63) is 41.3 Å². The first-order chi connectivity index (χ1) is 13.8. The van der Waals surface area contributed by atoms with Gasteiger partial charge in [-0.1, -0.05) is 25.4 Å². The lowest BCUT2D eigenvalue weighted by atomic mass is 9.86. The van der Waals surface area contributed by atoms with E-state index in [1.165, 1.54) is 4.90 Å². The number of halogens is 1. The van der Waals surface area contributed by atoms with Gasteiger partial charge in [0.25, 0.3) is 0 Å². The minimum Gasteiger partial charge on any atom is -0.490 e. The van der Waals surface area contributed by atoms with E-state index in [0.29, 0.717) is 28.9 Å². The summed E-state index contributed by atoms with van der Waals surface area (Å²) in [6.07, 6.45) is 1.40. The topological polar surface area (TPSA) is 75.5 Å². The lowest BCUT2D eigenvalue weighted by molar-refractivity contribution is -0.0108. The van der Waals surface area contributed by atoms with Crippen LogP contribution in [0.2, 0.25) is 5.02 Å². The van der Waals surface area contributed by atoms with Crippen molar-refractivity contribution in [1.29, 1.82) is 0 Å². The Bertz CT molecular complexity index is 896. The molecule has 1 atom stereocenters. The predicted molar refractivity (Wildman–Crippen MR) is 120 cm³/mol. The van der Waals surface area contributed by atoms with Crippen molar-refractivity contribution in [1.82, 2.24) is 14.9 Å². The highest BCUT2D eigenvalue weighted by Crippen LogP contribution is 2.34. The minimum atomic E-state index is -0.963. The molecule has 2 rings (SSSR count). The fourth-order valence-corrected chi connectivity index (χ4v) is 4.28. The lowest BCUT2D eigenvalue weighted by Gasteiger charge is -2.47. The summed E-state index contributed by atoms with van der Waals surface area (Å²) in [5.41, 5.74) is 0.358. The molecule has 30 heavy (non-hydrogen) atoms. The van der Waals surface area contributed by atoms with Crippen molar-refractivity contribution in [3.8, 4) is 17.0 Å². The summed E-state index contributed by atoms with van der Waals surface area (Å²) >= 11 is 6.49. The maximum absolute atomic E-state index is 12.1. The summed E-state index contributed by atoms with van der Waals surface area (Å²) in [6, 6.07) is 7.32. The summed E-state index contributed by atoms with van der Waals surface area (Å²) < 4.78 is 6.07. The standard InChI is InChI=1S/C23H32ClN3O3/c1-15(2)13-23(7,27(21(28)29)22(4,5)6)14-30-20-9-8-17(12-18(20)24)19-10-11-25-16(3)26-19/h8-12,15H,13-14H2,1-7H3,(H,28,29). The Morgan fingerprint density at radius 3 is 2.40 bits per heavy atom. The number of amides is 1. The van der Waals surface area contributed by atoms with Gasteiger partial charge in [0, 0.05) is 17.3 Å². The molecule has 2 aromatic rings. The Balaban J connectivity index is 2.29. The van der Waals surface area contributed by atoms with Crippen LogP contribution < -0.4 is 4.74 Å². The molecule has 7 heteroatoms. The maximum Gasteiger partial charge on any atom is 0.408 e. The second kappa shape index (κ2) is 9.21. The summed E-state index contributed by atoms with van der Waals surface area (Å²) in [7, 11) is 0. The smallest absolute Gasteiger partial charge is 0.408 e. The van der Waals surface area contributed by atoms with E-state index in [1.807, 2.05) is 46.8 Å². The molecule has 0 saturated carbocycles. The van der Waals surface area contributed by atoms with E-state index in [0.717, 1.165) is 11.3 Å². The van der Waals surface area contributed by atoms with Crippen LogP contribution in [0.15, 0.2) is 30.5 Å². The lowest BCUT2D eigenvalue weighted by Crippen LogP contribution is -2.61. The normalized spacial score (nSPS) is 13.8. The fourth-order valence-electron chi connectivity index (χ4n) is 4.05. The molecule has 6 nitrogen and oxygen atoms in total. The number of benzene rings is 1. The second-order valence-electron chi connectivity index (χ2n) is 9.31. The Morgan fingerprint density at radius 1 is 1.23 bits per heavy atom. The van der Waals surface area contributed by atoms with E-state index in [9.17, 15) is 9.90 Å². The first-order valence-electron chi connectivity index (χ1n) is 10.1. The van der Waals surface area contributed by atoms with Gasteiger partial charge in [0.1, 0.15) is 18.2 Å². The molecule has 1 heterocycles. The Hall–Kier alpha value is -2.34. The van der Waals surface area contributed by atoms with Crippen molar-refractivity contribution in [3.63, 3.8) is 0 Å². The molecular formula is C23H32ClN3O3. The highest BCUT2D eigenvalue weighted by Gasteiger charge is 2.43. The summed E-state index contributed by atoms with van der Waals surface area (Å²) in [5, 5.41) is 10.4. The number of carbonyl (C=O) groups is 1. The Labute approximate surface area is 184 Å². The summed E-state index contributed by atoms with van der Waals surface area (Å²) in [5.74, 6) is 1.49. The SMILES string of the molecule is Cc1nccc(-c2ccc(OCC(C)(CC(C)C)N(C(=O)O)C(C)(C)C)c(Cl)c2)n1. The third kappa shape index (κ3) is 5.85. The Morgan fingerprint density at radius 2 is 1.90 bits per heavy atom. The molecule has 0 radical (unpaired) electrons. The molecule has 164 valence electrons. The number of rotatable bonds is 7. The molecule has 0 bridgehead atoms. The molecule has 0 aliphatic carbocycles. The largest absolute Gasteiger partial charge is 0.490 e. The number of ether oxygens (including phenoxy) is 1. The van der Waals surface area contributed by atoms with Crippen LogP contribution in [0, 0.1) is 12.8 Å². The molecule has 1 unspecified atom stereocenters. The van der Waals surface area contributed by atoms with Crippen molar-refractivity contribution in [2.45, 2.75) is 66.0 Å².